The average molecular weight is 526 g/mol. The van der Waals surface area contributed by atoms with Crippen molar-refractivity contribution >= 4 is 56.6 Å². The molecule has 4 rings (SSSR count). The maximum Gasteiger partial charge on any atom is 0.260 e. The van der Waals surface area contributed by atoms with Gasteiger partial charge in [0.25, 0.3) is 5.91 Å². The number of ether oxygens (including phenoxy) is 3. The van der Waals surface area contributed by atoms with E-state index in [1.165, 1.54) is 11.3 Å². The predicted octanol–water partition coefficient (Wildman–Crippen LogP) is 5.07. The fourth-order valence-electron chi connectivity index (χ4n) is 3.91. The van der Waals surface area contributed by atoms with Gasteiger partial charge in [0.05, 0.1) is 37.6 Å². The van der Waals surface area contributed by atoms with E-state index in [-0.39, 0.29) is 18.3 Å². The number of aryl methyl sites for hydroxylation is 1. The third kappa shape index (κ3) is 6.12. The highest BCUT2D eigenvalue weighted by Gasteiger charge is 2.23. The first-order valence-corrected chi connectivity index (χ1v) is 12.1. The molecule has 0 atom stereocenters. The molecule has 0 bridgehead atoms. The number of rotatable bonds is 8. The SMILES string of the molecule is COc1cc(OC)cc(C(=O)N(CCCN2CCOCC2)c2nc3c(C)cc(Cl)cc3s2)c1.Cl. The lowest BCUT2D eigenvalue weighted by Crippen LogP contribution is -2.39. The van der Waals surface area contributed by atoms with E-state index in [2.05, 4.69) is 4.90 Å². The Bertz CT molecular complexity index is 1110. The highest BCUT2D eigenvalue weighted by atomic mass is 35.5. The Morgan fingerprint density at radius 2 is 1.82 bits per heavy atom. The van der Waals surface area contributed by atoms with Crippen LogP contribution < -0.4 is 14.4 Å². The molecule has 184 valence electrons. The van der Waals surface area contributed by atoms with Crippen molar-refractivity contribution in [1.82, 2.24) is 9.88 Å². The van der Waals surface area contributed by atoms with Crippen LogP contribution in [0.15, 0.2) is 30.3 Å². The Morgan fingerprint density at radius 3 is 2.47 bits per heavy atom. The van der Waals surface area contributed by atoms with Crippen molar-refractivity contribution in [3.8, 4) is 11.5 Å². The molecule has 1 aromatic heterocycles. The number of methoxy groups -OCH3 is 2. The Hall–Kier alpha value is -2.10. The van der Waals surface area contributed by atoms with Crippen molar-refractivity contribution in [2.24, 2.45) is 0 Å². The molecule has 1 fully saturated rings. The number of nitrogens with zero attached hydrogens (tertiary/aromatic N) is 3. The number of hydrogen-bond donors (Lipinski definition) is 0. The number of anilines is 1. The van der Waals surface area contributed by atoms with Gasteiger partial charge in [-0.15, -0.1) is 12.4 Å². The highest BCUT2D eigenvalue weighted by molar-refractivity contribution is 7.22. The number of halogens is 2. The molecule has 10 heteroatoms. The number of benzene rings is 2. The van der Waals surface area contributed by atoms with E-state index in [1.54, 1.807) is 37.3 Å². The Kier molecular flexibility index (Phi) is 9.39. The summed E-state index contributed by atoms with van der Waals surface area (Å²) in [4.78, 5) is 22.7. The van der Waals surface area contributed by atoms with Gasteiger partial charge in [-0.2, -0.15) is 0 Å². The van der Waals surface area contributed by atoms with Crippen molar-refractivity contribution in [1.29, 1.82) is 0 Å². The van der Waals surface area contributed by atoms with Gasteiger partial charge in [0.15, 0.2) is 5.13 Å². The first-order valence-electron chi connectivity index (χ1n) is 10.9. The first-order chi connectivity index (χ1) is 16.0. The first kappa shape index (κ1) is 26.5. The number of carbonyl (C=O) groups is 1. The number of morpholine rings is 1. The van der Waals surface area contributed by atoms with Gasteiger partial charge >= 0.3 is 0 Å². The Labute approximate surface area is 215 Å². The molecule has 0 radical (unpaired) electrons. The molecular formula is C24H29Cl2N3O4S. The van der Waals surface area contributed by atoms with Gasteiger partial charge in [0, 0.05) is 42.8 Å². The molecule has 2 aromatic carbocycles. The lowest BCUT2D eigenvalue weighted by molar-refractivity contribution is 0.0376. The summed E-state index contributed by atoms with van der Waals surface area (Å²) in [5.41, 5.74) is 2.35. The zero-order valence-electron chi connectivity index (χ0n) is 19.5. The van der Waals surface area contributed by atoms with Crippen molar-refractivity contribution in [3.05, 3.63) is 46.5 Å². The fourth-order valence-corrected chi connectivity index (χ4v) is 5.35. The van der Waals surface area contributed by atoms with E-state index < -0.39 is 0 Å². The van der Waals surface area contributed by atoms with E-state index in [4.69, 9.17) is 30.8 Å². The number of amides is 1. The summed E-state index contributed by atoms with van der Waals surface area (Å²) >= 11 is 7.74. The lowest BCUT2D eigenvalue weighted by Gasteiger charge is -2.27. The van der Waals surface area contributed by atoms with Crippen LogP contribution in [0.4, 0.5) is 5.13 Å². The molecule has 2 heterocycles. The smallest absolute Gasteiger partial charge is 0.260 e. The number of fused-ring (bicyclic) bond motifs is 1. The second-order valence-corrected chi connectivity index (χ2v) is 9.38. The Balaban J connectivity index is 0.00000324. The fraction of sp³-hybridized carbons (Fsp3) is 0.417. The van der Waals surface area contributed by atoms with Gasteiger partial charge in [0.1, 0.15) is 11.5 Å². The maximum atomic E-state index is 13.7. The van der Waals surface area contributed by atoms with Crippen LogP contribution in [-0.4, -0.2) is 69.4 Å². The molecule has 0 unspecified atom stereocenters. The van der Waals surface area contributed by atoms with Crippen molar-refractivity contribution in [3.63, 3.8) is 0 Å². The van der Waals surface area contributed by atoms with Crippen LogP contribution in [0.3, 0.4) is 0 Å². The lowest BCUT2D eigenvalue weighted by atomic mass is 10.1. The van der Waals surface area contributed by atoms with Gasteiger partial charge in [-0.05, 0) is 43.2 Å². The quantitative estimate of drug-likeness (QED) is 0.409. The molecule has 3 aromatic rings. The van der Waals surface area contributed by atoms with Crippen LogP contribution in [-0.2, 0) is 4.74 Å². The van der Waals surface area contributed by atoms with Crippen LogP contribution in [0, 0.1) is 6.92 Å². The standard InChI is InChI=1S/C24H28ClN3O4S.ClH/c1-16-11-18(25)14-21-22(16)26-24(33-21)28(6-4-5-27-7-9-32-10-8-27)23(29)17-12-19(30-2)15-20(13-17)31-3;/h11-15H,4-10H2,1-3H3;1H. The minimum Gasteiger partial charge on any atom is -0.497 e. The van der Waals surface area contributed by atoms with Crippen LogP contribution in [0.1, 0.15) is 22.3 Å². The van der Waals surface area contributed by atoms with Crippen molar-refractivity contribution < 1.29 is 19.0 Å². The minimum absolute atomic E-state index is 0. The number of aromatic nitrogens is 1. The average Bonchev–Trinajstić information content (AvgIpc) is 3.25. The highest BCUT2D eigenvalue weighted by Crippen LogP contribution is 2.34. The van der Waals surface area contributed by atoms with E-state index in [0.717, 1.165) is 55.0 Å². The zero-order valence-corrected chi connectivity index (χ0v) is 21.9. The van der Waals surface area contributed by atoms with Gasteiger partial charge in [-0.1, -0.05) is 22.9 Å². The summed E-state index contributed by atoms with van der Waals surface area (Å²) in [5, 5.41) is 1.32. The molecule has 1 saturated heterocycles. The van der Waals surface area contributed by atoms with Crippen LogP contribution >= 0.6 is 35.3 Å². The summed E-state index contributed by atoms with van der Waals surface area (Å²) in [6.07, 6.45) is 0.822. The van der Waals surface area contributed by atoms with Crippen LogP contribution in [0.5, 0.6) is 11.5 Å². The normalized spacial score (nSPS) is 14.0. The van der Waals surface area contributed by atoms with Gasteiger partial charge < -0.3 is 14.2 Å². The van der Waals surface area contributed by atoms with Crippen molar-refractivity contribution in [2.75, 3.05) is 58.5 Å². The third-order valence-corrected chi connectivity index (χ3v) is 6.92. The summed E-state index contributed by atoms with van der Waals surface area (Å²) in [5.74, 6) is 0.993. The summed E-state index contributed by atoms with van der Waals surface area (Å²) in [7, 11) is 3.15. The molecule has 1 amide bonds. The second-order valence-electron chi connectivity index (χ2n) is 7.93. The summed E-state index contributed by atoms with van der Waals surface area (Å²) < 4.78 is 17.2. The van der Waals surface area contributed by atoms with Crippen LogP contribution in [0.2, 0.25) is 5.02 Å². The number of hydrogen-bond acceptors (Lipinski definition) is 7. The van der Waals surface area contributed by atoms with E-state index in [0.29, 0.717) is 33.8 Å². The van der Waals surface area contributed by atoms with Gasteiger partial charge in [-0.3, -0.25) is 14.6 Å². The molecule has 0 aliphatic carbocycles. The molecule has 1 aliphatic rings. The maximum absolute atomic E-state index is 13.7. The van der Waals surface area contributed by atoms with E-state index in [9.17, 15) is 4.79 Å². The van der Waals surface area contributed by atoms with Gasteiger partial charge in [0.2, 0.25) is 0 Å². The molecule has 0 N–H and O–H groups in total. The predicted molar refractivity (Wildman–Crippen MR) is 140 cm³/mol. The van der Waals surface area contributed by atoms with E-state index in [1.807, 2.05) is 19.1 Å². The summed E-state index contributed by atoms with van der Waals surface area (Å²) in [6, 6.07) is 9.01. The molecular weight excluding hydrogens is 497 g/mol. The van der Waals surface area contributed by atoms with Gasteiger partial charge in [-0.25, -0.2) is 4.98 Å². The summed E-state index contributed by atoms with van der Waals surface area (Å²) in [6.45, 7) is 6.76. The minimum atomic E-state index is -0.142. The number of thiazole rings is 1. The molecule has 0 spiro atoms. The zero-order chi connectivity index (χ0) is 23.4. The molecule has 1 aliphatic heterocycles. The van der Waals surface area contributed by atoms with Crippen molar-refractivity contribution in [2.45, 2.75) is 13.3 Å². The largest absolute Gasteiger partial charge is 0.497 e. The Morgan fingerprint density at radius 1 is 1.15 bits per heavy atom. The molecule has 0 saturated carbocycles. The van der Waals surface area contributed by atoms with E-state index >= 15 is 0 Å². The topological polar surface area (TPSA) is 64.1 Å². The number of carbonyl (C=O) groups excluding carboxylic acids is 1. The third-order valence-electron chi connectivity index (χ3n) is 5.67. The van der Waals surface area contributed by atoms with Crippen LogP contribution in [0.25, 0.3) is 10.2 Å². The monoisotopic (exact) mass is 525 g/mol. The molecule has 7 nitrogen and oxygen atoms in total. The second kappa shape index (κ2) is 12.0. The molecule has 34 heavy (non-hydrogen) atoms.